The number of hydrogen-bond donors (Lipinski definition) is 1. The molecule has 0 saturated carbocycles. The van der Waals surface area contributed by atoms with Crippen LogP contribution < -0.4 is 10.2 Å². The SMILES string of the molecule is Cc1cc(N2CCC=C(c3ccccc3)C2)nc(Nc2ccc(C(C)C)cc2Br)n1. The van der Waals surface area contributed by atoms with Crippen LogP contribution >= 0.6 is 15.9 Å². The standard InChI is InChI=1S/C25H27BrN4/c1-17(2)20-11-12-23(22(26)15-20)28-25-27-18(3)14-24(29-25)30-13-7-10-21(16-30)19-8-5-4-6-9-19/h4-6,8-12,14-15,17H,7,13,16H2,1-3H3,(H,27,28,29). The molecule has 154 valence electrons. The van der Waals surface area contributed by atoms with Gasteiger partial charge in [0.05, 0.1) is 5.69 Å². The maximum atomic E-state index is 4.83. The predicted octanol–water partition coefficient (Wildman–Crippen LogP) is 6.71. The van der Waals surface area contributed by atoms with Crippen molar-refractivity contribution in [3.63, 3.8) is 0 Å². The molecular formula is C25H27BrN4. The lowest BCUT2D eigenvalue weighted by Crippen LogP contribution is -2.30. The number of benzene rings is 2. The first-order valence-corrected chi connectivity index (χ1v) is 11.2. The molecule has 3 aromatic rings. The molecule has 30 heavy (non-hydrogen) atoms. The van der Waals surface area contributed by atoms with Crippen molar-refractivity contribution in [3.8, 4) is 0 Å². The van der Waals surface area contributed by atoms with Crippen LogP contribution in [-0.4, -0.2) is 23.1 Å². The van der Waals surface area contributed by atoms with Crippen LogP contribution in [0, 0.1) is 6.92 Å². The van der Waals surface area contributed by atoms with Gasteiger partial charge in [-0.3, -0.25) is 0 Å². The minimum Gasteiger partial charge on any atom is -0.352 e. The summed E-state index contributed by atoms with van der Waals surface area (Å²) in [7, 11) is 0. The molecule has 5 heteroatoms. The first-order valence-electron chi connectivity index (χ1n) is 10.4. The number of anilines is 3. The summed E-state index contributed by atoms with van der Waals surface area (Å²) >= 11 is 3.68. The van der Waals surface area contributed by atoms with E-state index in [1.54, 1.807) is 0 Å². The van der Waals surface area contributed by atoms with Gasteiger partial charge < -0.3 is 10.2 Å². The van der Waals surface area contributed by atoms with Crippen LogP contribution in [0.15, 0.2) is 65.1 Å². The molecule has 4 nitrogen and oxygen atoms in total. The minimum atomic E-state index is 0.489. The van der Waals surface area contributed by atoms with E-state index in [4.69, 9.17) is 4.98 Å². The average molecular weight is 463 g/mol. The van der Waals surface area contributed by atoms with Gasteiger partial charge in [0.15, 0.2) is 0 Å². The summed E-state index contributed by atoms with van der Waals surface area (Å²) in [5, 5.41) is 3.39. The molecule has 0 amide bonds. The third-order valence-corrected chi connectivity index (χ3v) is 6.02. The maximum absolute atomic E-state index is 4.83. The molecule has 0 aliphatic carbocycles. The minimum absolute atomic E-state index is 0.489. The number of nitrogens with zero attached hydrogens (tertiary/aromatic N) is 3. The zero-order valence-electron chi connectivity index (χ0n) is 17.7. The number of halogens is 1. The second-order valence-corrected chi connectivity index (χ2v) is 8.87. The van der Waals surface area contributed by atoms with E-state index in [2.05, 4.69) is 106 Å². The molecule has 1 aliphatic heterocycles. The molecule has 0 atom stereocenters. The largest absolute Gasteiger partial charge is 0.352 e. The maximum Gasteiger partial charge on any atom is 0.229 e. The number of hydrogen-bond acceptors (Lipinski definition) is 4. The fourth-order valence-electron chi connectivity index (χ4n) is 3.68. The fourth-order valence-corrected chi connectivity index (χ4v) is 4.18. The Labute approximate surface area is 187 Å². The van der Waals surface area contributed by atoms with Crippen molar-refractivity contribution in [3.05, 3.63) is 82.0 Å². The van der Waals surface area contributed by atoms with Gasteiger partial charge >= 0.3 is 0 Å². The van der Waals surface area contributed by atoms with E-state index in [-0.39, 0.29) is 0 Å². The summed E-state index contributed by atoms with van der Waals surface area (Å²) in [5.74, 6) is 2.07. The molecule has 0 spiro atoms. The van der Waals surface area contributed by atoms with Crippen molar-refractivity contribution in [2.45, 2.75) is 33.1 Å². The molecule has 1 N–H and O–H groups in total. The fraction of sp³-hybridized carbons (Fsp3) is 0.280. The average Bonchev–Trinajstić information content (AvgIpc) is 2.75. The van der Waals surface area contributed by atoms with Crippen LogP contribution in [0.2, 0.25) is 0 Å². The smallest absolute Gasteiger partial charge is 0.229 e. The van der Waals surface area contributed by atoms with Crippen molar-refractivity contribution in [2.24, 2.45) is 0 Å². The number of aromatic nitrogens is 2. The highest BCUT2D eigenvalue weighted by Gasteiger charge is 2.17. The van der Waals surface area contributed by atoms with Gasteiger partial charge in [-0.15, -0.1) is 0 Å². The molecule has 1 aliphatic rings. The Balaban J connectivity index is 1.56. The molecule has 0 radical (unpaired) electrons. The summed E-state index contributed by atoms with van der Waals surface area (Å²) < 4.78 is 1.02. The van der Waals surface area contributed by atoms with Crippen molar-refractivity contribution in [2.75, 3.05) is 23.3 Å². The summed E-state index contributed by atoms with van der Waals surface area (Å²) in [6.45, 7) is 8.22. The monoisotopic (exact) mass is 462 g/mol. The first-order chi connectivity index (χ1) is 14.5. The number of nitrogens with one attached hydrogen (secondary N) is 1. The van der Waals surface area contributed by atoms with Crippen LogP contribution in [0.4, 0.5) is 17.5 Å². The lowest BCUT2D eigenvalue weighted by atomic mass is 10.0. The number of aryl methyl sites for hydroxylation is 1. The number of rotatable bonds is 5. The van der Waals surface area contributed by atoms with Crippen LogP contribution in [-0.2, 0) is 0 Å². The summed E-state index contributed by atoms with van der Waals surface area (Å²) in [6.07, 6.45) is 3.35. The van der Waals surface area contributed by atoms with Gasteiger partial charge in [0.2, 0.25) is 5.95 Å². The Hall–Kier alpha value is -2.66. The third-order valence-electron chi connectivity index (χ3n) is 5.37. The van der Waals surface area contributed by atoms with Gasteiger partial charge in [0, 0.05) is 29.3 Å². The van der Waals surface area contributed by atoms with Crippen LogP contribution in [0.5, 0.6) is 0 Å². The normalized spacial score (nSPS) is 14.0. The highest BCUT2D eigenvalue weighted by molar-refractivity contribution is 9.10. The Morgan fingerprint density at radius 3 is 2.57 bits per heavy atom. The summed E-state index contributed by atoms with van der Waals surface area (Å²) in [5.41, 5.74) is 5.85. The van der Waals surface area contributed by atoms with Crippen molar-refractivity contribution in [1.29, 1.82) is 0 Å². The lowest BCUT2D eigenvalue weighted by Gasteiger charge is -2.29. The van der Waals surface area contributed by atoms with Gasteiger partial charge in [0.25, 0.3) is 0 Å². The zero-order valence-corrected chi connectivity index (χ0v) is 19.3. The van der Waals surface area contributed by atoms with E-state index >= 15 is 0 Å². The van der Waals surface area contributed by atoms with Crippen molar-refractivity contribution < 1.29 is 0 Å². The van der Waals surface area contributed by atoms with Crippen LogP contribution in [0.1, 0.15) is 43.0 Å². The second-order valence-electron chi connectivity index (χ2n) is 8.02. The molecule has 0 unspecified atom stereocenters. The third kappa shape index (κ3) is 4.73. The lowest BCUT2D eigenvalue weighted by molar-refractivity contribution is 0.811. The Kier molecular flexibility index (Phi) is 6.18. The second kappa shape index (κ2) is 9.00. The van der Waals surface area contributed by atoms with E-state index in [1.165, 1.54) is 16.7 Å². The zero-order chi connectivity index (χ0) is 21.1. The topological polar surface area (TPSA) is 41.1 Å². The van der Waals surface area contributed by atoms with Gasteiger partial charge in [-0.2, -0.15) is 4.98 Å². The predicted molar refractivity (Wildman–Crippen MR) is 130 cm³/mol. The summed E-state index contributed by atoms with van der Waals surface area (Å²) in [6, 6.07) is 19.0. The highest BCUT2D eigenvalue weighted by atomic mass is 79.9. The highest BCUT2D eigenvalue weighted by Crippen LogP contribution is 2.30. The van der Waals surface area contributed by atoms with E-state index in [1.807, 2.05) is 6.92 Å². The molecular weight excluding hydrogens is 436 g/mol. The van der Waals surface area contributed by atoms with Gasteiger partial charge in [-0.1, -0.05) is 56.3 Å². The molecule has 0 bridgehead atoms. The van der Waals surface area contributed by atoms with E-state index in [0.29, 0.717) is 11.9 Å². The molecule has 2 aromatic carbocycles. The molecule has 2 heterocycles. The molecule has 0 fully saturated rings. The van der Waals surface area contributed by atoms with Crippen LogP contribution in [0.3, 0.4) is 0 Å². The van der Waals surface area contributed by atoms with Crippen molar-refractivity contribution >= 4 is 39.0 Å². The van der Waals surface area contributed by atoms with E-state index in [0.717, 1.165) is 41.2 Å². The Bertz CT molecular complexity index is 1060. The van der Waals surface area contributed by atoms with Gasteiger partial charge in [0.1, 0.15) is 5.82 Å². The van der Waals surface area contributed by atoms with Gasteiger partial charge in [-0.25, -0.2) is 4.98 Å². The van der Waals surface area contributed by atoms with E-state index < -0.39 is 0 Å². The molecule has 1 aromatic heterocycles. The first kappa shape index (κ1) is 20.6. The molecule has 4 rings (SSSR count). The van der Waals surface area contributed by atoms with E-state index in [9.17, 15) is 0 Å². The molecule has 0 saturated heterocycles. The Morgan fingerprint density at radius 1 is 1.03 bits per heavy atom. The van der Waals surface area contributed by atoms with Gasteiger partial charge in [-0.05, 0) is 64.0 Å². The quantitative estimate of drug-likeness (QED) is 0.457. The van der Waals surface area contributed by atoms with Crippen molar-refractivity contribution in [1.82, 2.24) is 9.97 Å². The Morgan fingerprint density at radius 2 is 1.83 bits per heavy atom. The summed E-state index contributed by atoms with van der Waals surface area (Å²) in [4.78, 5) is 11.8. The van der Waals surface area contributed by atoms with Crippen LogP contribution in [0.25, 0.3) is 5.57 Å².